The van der Waals surface area contributed by atoms with Gasteiger partial charge in [0.15, 0.2) is 0 Å². The van der Waals surface area contributed by atoms with Gasteiger partial charge in [0, 0.05) is 0 Å². The zero-order valence-corrected chi connectivity index (χ0v) is 12.1. The topological polar surface area (TPSA) is 0 Å². The van der Waals surface area contributed by atoms with Gasteiger partial charge in [0.1, 0.15) is 0 Å². The van der Waals surface area contributed by atoms with Crippen LogP contribution in [0.25, 0.3) is 0 Å². The second-order valence-corrected chi connectivity index (χ2v) is 7.43. The first-order chi connectivity index (χ1) is 5.54. The number of rotatable bonds is 0. The molecule has 1 aliphatic rings. The molecule has 1 aliphatic carbocycles. The Morgan fingerprint density at radius 2 is 1.17 bits per heavy atom. The molecule has 0 amide bonds. The van der Waals surface area contributed by atoms with E-state index in [0.29, 0.717) is 0 Å². The van der Waals surface area contributed by atoms with Crippen LogP contribution in [0.2, 0.25) is 0 Å². The number of hydrogen-bond acceptors (Lipinski definition) is 0. The summed E-state index contributed by atoms with van der Waals surface area (Å²) in [4.78, 5) is 0. The summed E-state index contributed by atoms with van der Waals surface area (Å²) in [6.45, 7) is 9.36. The Labute approximate surface area is 95.1 Å². The summed E-state index contributed by atoms with van der Waals surface area (Å²) in [5.41, 5.74) is 0. The van der Waals surface area contributed by atoms with Crippen LogP contribution in [-0.2, 0) is 20.8 Å². The molecule has 0 N–H and O–H groups in total. The van der Waals surface area contributed by atoms with Crippen LogP contribution in [0.5, 0.6) is 0 Å². The van der Waals surface area contributed by atoms with E-state index in [2.05, 4.69) is 34.1 Å². The van der Waals surface area contributed by atoms with Crippen LogP contribution in [-0.4, -0.2) is 0 Å². The summed E-state index contributed by atoms with van der Waals surface area (Å²) < 4.78 is 0. The second-order valence-electron chi connectivity index (χ2n) is 3.70. The molecule has 71 valence electrons. The molecule has 12 heavy (non-hydrogen) atoms. The predicted molar refractivity (Wildman–Crippen MR) is 52.7 cm³/mol. The average molecular weight is 287 g/mol. The Morgan fingerprint density at radius 3 is 1.25 bits per heavy atom. The van der Waals surface area contributed by atoms with Crippen LogP contribution in [0.1, 0.15) is 27.7 Å². The molecule has 3 heteroatoms. The van der Waals surface area contributed by atoms with Crippen molar-refractivity contribution in [2.75, 3.05) is 0 Å². The molecule has 1 rings (SSSR count). The second kappa shape index (κ2) is 6.85. The summed E-state index contributed by atoms with van der Waals surface area (Å²) in [6.07, 6.45) is 2.48. The van der Waals surface area contributed by atoms with Crippen LogP contribution in [0.15, 0.2) is 0 Å². The molecule has 0 aromatic heterocycles. The van der Waals surface area contributed by atoms with Crippen LogP contribution < -0.4 is 0 Å². The Kier molecular flexibility index (Phi) is 7.68. The van der Waals surface area contributed by atoms with E-state index in [1.165, 1.54) is 0 Å². The molecule has 0 bridgehead atoms. The molecular weight excluding hydrogens is 270 g/mol. The number of hydrogen-bond donors (Lipinski definition) is 0. The first kappa shape index (κ1) is 13.5. The third-order valence-electron chi connectivity index (χ3n) is 3.10. The molecule has 1 saturated carbocycles. The molecule has 4 atom stereocenters. The van der Waals surface area contributed by atoms with E-state index < -0.39 is 20.8 Å². The maximum absolute atomic E-state index is 4.93. The summed E-state index contributed by atoms with van der Waals surface area (Å²) in [5, 5.41) is 0. The fourth-order valence-corrected chi connectivity index (χ4v) is 1.79. The fourth-order valence-electron chi connectivity index (χ4n) is 1.79. The minimum atomic E-state index is -0.826. The summed E-state index contributed by atoms with van der Waals surface area (Å²) >= 11 is -0.826. The average Bonchev–Trinajstić information content (AvgIpc) is 2.20. The van der Waals surface area contributed by atoms with Crippen LogP contribution in [0.4, 0.5) is 0 Å². The van der Waals surface area contributed by atoms with Crippen molar-refractivity contribution in [2.24, 2.45) is 23.7 Å². The van der Waals surface area contributed by atoms with Gasteiger partial charge in [-0.2, -0.15) is 0 Å². The SMILES string of the molecule is CC1[CH]C(C)C(C)C1C.[Cl][Zr][Cl]. The Morgan fingerprint density at radius 1 is 0.917 bits per heavy atom. The van der Waals surface area contributed by atoms with E-state index in [0.717, 1.165) is 23.7 Å². The minimum absolute atomic E-state index is 0.826. The van der Waals surface area contributed by atoms with Gasteiger partial charge in [-0.1, -0.05) is 27.7 Å². The van der Waals surface area contributed by atoms with Gasteiger partial charge in [-0.25, -0.2) is 0 Å². The Balaban J connectivity index is 0.000000354. The molecule has 0 aromatic rings. The van der Waals surface area contributed by atoms with Crippen molar-refractivity contribution in [2.45, 2.75) is 27.7 Å². The zero-order valence-electron chi connectivity index (χ0n) is 8.14. The van der Waals surface area contributed by atoms with Gasteiger partial charge in [-0.05, 0) is 30.1 Å². The zero-order chi connectivity index (χ0) is 9.72. The molecule has 0 heterocycles. The molecule has 0 aromatic carbocycles. The molecule has 0 saturated heterocycles. The Hall–Kier alpha value is 1.46. The van der Waals surface area contributed by atoms with E-state index in [-0.39, 0.29) is 0 Å². The van der Waals surface area contributed by atoms with Crippen LogP contribution in [0.3, 0.4) is 0 Å². The van der Waals surface area contributed by atoms with Crippen molar-refractivity contribution < 1.29 is 20.8 Å². The van der Waals surface area contributed by atoms with E-state index in [9.17, 15) is 0 Å². The Bertz CT molecular complexity index is 107. The van der Waals surface area contributed by atoms with Crippen molar-refractivity contribution >= 4 is 17.0 Å². The first-order valence-electron chi connectivity index (χ1n) is 4.35. The van der Waals surface area contributed by atoms with Gasteiger partial charge in [0.25, 0.3) is 0 Å². The van der Waals surface area contributed by atoms with Crippen molar-refractivity contribution in [3.05, 3.63) is 6.42 Å². The summed E-state index contributed by atoms with van der Waals surface area (Å²) in [7, 11) is 9.87. The van der Waals surface area contributed by atoms with Gasteiger partial charge in [0.05, 0.1) is 0 Å². The normalized spacial score (nSPS) is 40.2. The van der Waals surface area contributed by atoms with Gasteiger partial charge in [-0.3, -0.25) is 0 Å². The van der Waals surface area contributed by atoms with Crippen molar-refractivity contribution in [3.8, 4) is 0 Å². The third-order valence-corrected chi connectivity index (χ3v) is 3.10. The van der Waals surface area contributed by atoms with E-state index in [1.54, 1.807) is 0 Å². The van der Waals surface area contributed by atoms with Crippen molar-refractivity contribution in [1.82, 2.24) is 0 Å². The van der Waals surface area contributed by atoms with E-state index >= 15 is 0 Å². The quantitative estimate of drug-likeness (QED) is 0.628. The molecule has 0 spiro atoms. The fraction of sp³-hybridized carbons (Fsp3) is 0.889. The van der Waals surface area contributed by atoms with E-state index in [1.807, 2.05) is 0 Å². The monoisotopic (exact) mass is 285 g/mol. The number of halogens is 2. The van der Waals surface area contributed by atoms with Gasteiger partial charge in [0.2, 0.25) is 0 Å². The van der Waals surface area contributed by atoms with Crippen LogP contribution >= 0.6 is 17.0 Å². The molecule has 0 nitrogen and oxygen atoms in total. The summed E-state index contributed by atoms with van der Waals surface area (Å²) in [6, 6.07) is 0. The van der Waals surface area contributed by atoms with Crippen molar-refractivity contribution in [1.29, 1.82) is 0 Å². The summed E-state index contributed by atoms with van der Waals surface area (Å²) in [5.74, 6) is 3.49. The van der Waals surface area contributed by atoms with Crippen LogP contribution in [0, 0.1) is 30.1 Å². The molecule has 1 fully saturated rings. The standard InChI is InChI=1S/C9H17.2ClH.Zr/c1-6-5-7(2)9(4)8(6)3;;;/h5-9H,1-4H3;2*1H;/q;;;+2/p-2. The van der Waals surface area contributed by atoms with E-state index in [4.69, 9.17) is 17.0 Å². The molecule has 0 aliphatic heterocycles. The third kappa shape index (κ3) is 4.12. The van der Waals surface area contributed by atoms with Crippen molar-refractivity contribution in [3.63, 3.8) is 0 Å². The predicted octanol–water partition coefficient (Wildman–Crippen LogP) is 4.13. The van der Waals surface area contributed by atoms with Gasteiger partial charge in [-0.15, -0.1) is 0 Å². The molecular formula is C9H17Cl2Zr. The first-order valence-corrected chi connectivity index (χ1v) is 10.7. The maximum atomic E-state index is 4.93. The molecule has 1 radical (unpaired) electrons. The van der Waals surface area contributed by atoms with Gasteiger partial charge >= 0.3 is 37.9 Å². The molecule has 4 unspecified atom stereocenters. The van der Waals surface area contributed by atoms with Gasteiger partial charge < -0.3 is 0 Å².